The fraction of sp³-hybridized carbons (Fsp3) is 0.333. The Balaban J connectivity index is 1.77. The van der Waals surface area contributed by atoms with Crippen molar-refractivity contribution in [3.63, 3.8) is 0 Å². The maximum absolute atomic E-state index is 11.9. The first-order chi connectivity index (χ1) is 8.34. The van der Waals surface area contributed by atoms with E-state index in [4.69, 9.17) is 4.42 Å². The Morgan fingerprint density at radius 2 is 2.53 bits per heavy atom. The fourth-order valence-corrected chi connectivity index (χ4v) is 2.73. The topological polar surface area (TPSA) is 55.1 Å². The van der Waals surface area contributed by atoms with E-state index in [1.54, 1.807) is 17.2 Å². The van der Waals surface area contributed by atoms with Gasteiger partial charge < -0.3 is 9.73 Å². The van der Waals surface area contributed by atoms with Crippen LogP contribution in [0.5, 0.6) is 0 Å². The largest absolute Gasteiger partial charge is 0.469 e. The molecular formula is C12H12N2O2S. The Bertz CT molecular complexity index is 518. The fourth-order valence-electron chi connectivity index (χ4n) is 2.19. The van der Waals surface area contributed by atoms with Crippen molar-refractivity contribution in [1.29, 1.82) is 0 Å². The minimum atomic E-state index is -0.106. The summed E-state index contributed by atoms with van der Waals surface area (Å²) in [6, 6.07) is 2.01. The average Bonchev–Trinajstić information content (AvgIpc) is 3.00. The quantitative estimate of drug-likeness (QED) is 0.888. The Labute approximate surface area is 103 Å². The number of aromatic nitrogens is 1. The molecule has 0 saturated heterocycles. The van der Waals surface area contributed by atoms with Crippen molar-refractivity contribution in [2.75, 3.05) is 0 Å². The number of carbonyl (C=O) groups excluding carboxylic acids is 1. The van der Waals surface area contributed by atoms with Crippen LogP contribution in [0.4, 0.5) is 0 Å². The van der Waals surface area contributed by atoms with Gasteiger partial charge in [0.15, 0.2) is 0 Å². The number of nitrogens with one attached hydrogen (secondary N) is 1. The number of hydrogen-bond donors (Lipinski definition) is 1. The highest BCUT2D eigenvalue weighted by atomic mass is 32.1. The third-order valence-electron chi connectivity index (χ3n) is 3.02. The molecule has 4 nitrogen and oxygen atoms in total. The summed E-state index contributed by atoms with van der Waals surface area (Å²) < 4.78 is 5.39. The summed E-state index contributed by atoms with van der Waals surface area (Å²) in [5.41, 5.74) is 3.27. The minimum Gasteiger partial charge on any atom is -0.469 e. The second-order valence-electron chi connectivity index (χ2n) is 4.09. The van der Waals surface area contributed by atoms with Crippen molar-refractivity contribution >= 4 is 17.2 Å². The van der Waals surface area contributed by atoms with E-state index in [0.29, 0.717) is 5.69 Å². The summed E-state index contributed by atoms with van der Waals surface area (Å²) in [5, 5.41) is 4.77. The lowest BCUT2D eigenvalue weighted by Gasteiger charge is -2.22. The molecule has 0 spiro atoms. The van der Waals surface area contributed by atoms with E-state index in [1.807, 2.05) is 6.07 Å². The second-order valence-corrected chi connectivity index (χ2v) is 4.81. The van der Waals surface area contributed by atoms with Crippen LogP contribution in [0.3, 0.4) is 0 Å². The van der Waals surface area contributed by atoms with Crippen LogP contribution in [0.2, 0.25) is 0 Å². The summed E-state index contributed by atoms with van der Waals surface area (Å²) in [4.78, 5) is 15.9. The van der Waals surface area contributed by atoms with Crippen molar-refractivity contribution in [2.24, 2.45) is 0 Å². The number of rotatable bonds is 2. The normalized spacial score (nSPS) is 18.7. The van der Waals surface area contributed by atoms with E-state index in [1.165, 1.54) is 11.3 Å². The van der Waals surface area contributed by atoms with Crippen LogP contribution in [0.25, 0.3) is 0 Å². The van der Waals surface area contributed by atoms with Crippen molar-refractivity contribution in [2.45, 2.75) is 25.3 Å². The number of aryl methyl sites for hydroxylation is 1. The first-order valence-corrected chi connectivity index (χ1v) is 6.54. The molecule has 0 radical (unpaired) electrons. The molecule has 1 aliphatic carbocycles. The molecule has 2 aromatic rings. The zero-order chi connectivity index (χ0) is 11.7. The Morgan fingerprint density at radius 3 is 3.35 bits per heavy atom. The molecule has 0 fully saturated rings. The van der Waals surface area contributed by atoms with Crippen LogP contribution in [0, 0.1) is 0 Å². The highest BCUT2D eigenvalue weighted by Crippen LogP contribution is 2.30. The number of nitrogens with zero attached hydrogens (tertiary/aromatic N) is 1. The van der Waals surface area contributed by atoms with E-state index >= 15 is 0 Å². The second kappa shape index (κ2) is 4.33. The summed E-state index contributed by atoms with van der Waals surface area (Å²) in [6.07, 6.45) is 4.66. The van der Waals surface area contributed by atoms with Crippen LogP contribution in [0.1, 0.15) is 40.7 Å². The zero-order valence-electron chi connectivity index (χ0n) is 9.18. The highest BCUT2D eigenvalue weighted by molar-refractivity contribution is 7.07. The third-order valence-corrected chi connectivity index (χ3v) is 3.61. The summed E-state index contributed by atoms with van der Waals surface area (Å²) in [5.74, 6) is 0.894. The predicted octanol–water partition coefficient (Wildman–Crippen LogP) is 2.54. The molecule has 1 aliphatic rings. The van der Waals surface area contributed by atoms with E-state index in [2.05, 4.69) is 10.3 Å². The predicted molar refractivity (Wildman–Crippen MR) is 64.0 cm³/mol. The molecule has 3 rings (SSSR count). The molecule has 2 heterocycles. The van der Waals surface area contributed by atoms with Crippen LogP contribution in [-0.2, 0) is 6.42 Å². The lowest BCUT2D eigenvalue weighted by Crippen LogP contribution is -2.30. The molecule has 1 atom stereocenters. The van der Waals surface area contributed by atoms with Gasteiger partial charge >= 0.3 is 0 Å². The first kappa shape index (κ1) is 10.5. The van der Waals surface area contributed by atoms with Gasteiger partial charge in [-0.05, 0) is 18.9 Å². The lowest BCUT2D eigenvalue weighted by molar-refractivity contribution is 0.0928. The van der Waals surface area contributed by atoms with Gasteiger partial charge in [-0.25, -0.2) is 4.98 Å². The van der Waals surface area contributed by atoms with Gasteiger partial charge in [-0.3, -0.25) is 4.79 Å². The Morgan fingerprint density at radius 1 is 1.59 bits per heavy atom. The van der Waals surface area contributed by atoms with E-state index in [-0.39, 0.29) is 11.9 Å². The molecule has 1 N–H and O–H groups in total. The zero-order valence-corrected chi connectivity index (χ0v) is 10.00. The van der Waals surface area contributed by atoms with Gasteiger partial charge in [0.1, 0.15) is 11.5 Å². The summed E-state index contributed by atoms with van der Waals surface area (Å²) in [7, 11) is 0. The molecule has 1 amide bonds. The van der Waals surface area contributed by atoms with Gasteiger partial charge in [0.2, 0.25) is 0 Å². The van der Waals surface area contributed by atoms with Crippen molar-refractivity contribution in [3.8, 4) is 0 Å². The number of amides is 1. The van der Waals surface area contributed by atoms with Gasteiger partial charge in [-0.1, -0.05) is 0 Å². The number of fused-ring (bicyclic) bond motifs is 1. The number of thiazole rings is 1. The van der Waals surface area contributed by atoms with Crippen LogP contribution in [0.15, 0.2) is 27.6 Å². The Kier molecular flexibility index (Phi) is 2.68. The van der Waals surface area contributed by atoms with Gasteiger partial charge in [-0.2, -0.15) is 0 Å². The van der Waals surface area contributed by atoms with Gasteiger partial charge in [0.25, 0.3) is 5.91 Å². The summed E-state index contributed by atoms with van der Waals surface area (Å²) >= 11 is 1.43. The third kappa shape index (κ3) is 1.98. The Hall–Kier alpha value is -1.62. The molecule has 0 aliphatic heterocycles. The molecule has 88 valence electrons. The van der Waals surface area contributed by atoms with Crippen LogP contribution < -0.4 is 5.32 Å². The van der Waals surface area contributed by atoms with Gasteiger partial charge in [0.05, 0.1) is 17.8 Å². The minimum absolute atomic E-state index is 0.0618. The van der Waals surface area contributed by atoms with Crippen molar-refractivity contribution in [1.82, 2.24) is 10.3 Å². The van der Waals surface area contributed by atoms with Gasteiger partial charge in [0, 0.05) is 17.4 Å². The highest BCUT2D eigenvalue weighted by Gasteiger charge is 2.24. The smallest absolute Gasteiger partial charge is 0.271 e. The molecule has 2 aromatic heterocycles. The van der Waals surface area contributed by atoms with E-state index in [9.17, 15) is 4.79 Å². The van der Waals surface area contributed by atoms with Crippen molar-refractivity contribution in [3.05, 3.63) is 40.2 Å². The molecule has 0 aromatic carbocycles. The molecule has 0 bridgehead atoms. The number of furan rings is 1. The molecule has 1 unspecified atom stereocenters. The molecule has 0 saturated carbocycles. The van der Waals surface area contributed by atoms with Crippen LogP contribution in [-0.4, -0.2) is 10.9 Å². The average molecular weight is 248 g/mol. The molecular weight excluding hydrogens is 236 g/mol. The maximum atomic E-state index is 11.9. The summed E-state index contributed by atoms with van der Waals surface area (Å²) in [6.45, 7) is 0. The van der Waals surface area contributed by atoms with Gasteiger partial charge in [-0.15, -0.1) is 11.3 Å². The molecule has 5 heteroatoms. The van der Waals surface area contributed by atoms with E-state index < -0.39 is 0 Å². The van der Waals surface area contributed by atoms with E-state index in [0.717, 1.165) is 30.6 Å². The molecule has 17 heavy (non-hydrogen) atoms. The first-order valence-electron chi connectivity index (χ1n) is 5.60. The van der Waals surface area contributed by atoms with Crippen LogP contribution >= 0.6 is 11.3 Å². The number of hydrogen-bond acceptors (Lipinski definition) is 4. The van der Waals surface area contributed by atoms with Crippen molar-refractivity contribution < 1.29 is 9.21 Å². The standard InChI is InChI=1S/C12H12N2O2S/c15-12(10-6-17-7-13-10)14-9-2-1-3-11-8(9)4-5-16-11/h4-7,9H,1-3H2,(H,14,15). The lowest BCUT2D eigenvalue weighted by atomic mass is 9.93. The maximum Gasteiger partial charge on any atom is 0.271 e. The number of carbonyl (C=O) groups is 1. The SMILES string of the molecule is O=C(NC1CCCc2occc21)c1cscn1. The monoisotopic (exact) mass is 248 g/mol.